The molecule has 1 aromatic carbocycles. The van der Waals surface area contributed by atoms with Gasteiger partial charge in [0.15, 0.2) is 0 Å². The van der Waals surface area contributed by atoms with Crippen LogP contribution < -0.4 is 5.32 Å². The minimum absolute atomic E-state index is 0.0419. The molecular weight excluding hydrogens is 312 g/mol. The molecule has 6 rings (SSSR count). The summed E-state index contributed by atoms with van der Waals surface area (Å²) in [4.78, 5) is 26.8. The van der Waals surface area contributed by atoms with Gasteiger partial charge in [-0.2, -0.15) is 0 Å². The molecule has 1 heterocycles. The van der Waals surface area contributed by atoms with E-state index >= 15 is 0 Å². The highest BCUT2D eigenvalue weighted by molar-refractivity contribution is 6.10. The molecule has 130 valence electrons. The van der Waals surface area contributed by atoms with Gasteiger partial charge in [-0.3, -0.25) is 14.5 Å². The van der Waals surface area contributed by atoms with Crippen molar-refractivity contribution in [3.05, 3.63) is 42.0 Å². The normalized spacial score (nSPS) is 35.2. The molecule has 4 saturated carbocycles. The van der Waals surface area contributed by atoms with Crippen LogP contribution in [0.4, 0.5) is 0 Å². The number of carbonyl (C=O) groups excluding carboxylic acids is 2. The van der Waals surface area contributed by atoms with E-state index < -0.39 is 0 Å². The van der Waals surface area contributed by atoms with Crippen molar-refractivity contribution in [3.63, 3.8) is 0 Å². The molecule has 0 radical (unpaired) electrons. The molecule has 1 N–H and O–H groups in total. The van der Waals surface area contributed by atoms with Gasteiger partial charge in [0.25, 0.3) is 5.91 Å². The van der Waals surface area contributed by atoms with Gasteiger partial charge in [0.2, 0.25) is 5.91 Å². The molecule has 4 fully saturated rings. The summed E-state index contributed by atoms with van der Waals surface area (Å²) < 4.78 is 0. The van der Waals surface area contributed by atoms with E-state index in [0.29, 0.717) is 29.1 Å². The van der Waals surface area contributed by atoms with Crippen LogP contribution in [0, 0.1) is 23.7 Å². The van der Waals surface area contributed by atoms with Crippen molar-refractivity contribution in [3.8, 4) is 0 Å². The van der Waals surface area contributed by atoms with Crippen molar-refractivity contribution >= 4 is 17.5 Å². The van der Waals surface area contributed by atoms with Gasteiger partial charge < -0.3 is 5.32 Å². The van der Waals surface area contributed by atoms with E-state index in [1.165, 1.54) is 37.0 Å². The lowest BCUT2D eigenvalue weighted by atomic mass is 9.54. The molecule has 0 atom stereocenters. The quantitative estimate of drug-likeness (QED) is 0.922. The Hall–Kier alpha value is -2.10. The maximum atomic E-state index is 12.7. The predicted molar refractivity (Wildman–Crippen MR) is 95.5 cm³/mol. The van der Waals surface area contributed by atoms with E-state index in [-0.39, 0.29) is 18.4 Å². The van der Waals surface area contributed by atoms with E-state index in [1.807, 2.05) is 18.2 Å². The standard InChI is InChI=1S/C21H24N2O2/c1-12-17-4-2-3-5-18(17)21(25)23(12)11-19(24)22-20-15-7-13-6-14(9-15)10-16(20)8-13/h2-5,13-16,20H,1,6-11H2,(H,22,24). The third-order valence-electron chi connectivity index (χ3n) is 6.90. The van der Waals surface area contributed by atoms with Gasteiger partial charge in [-0.05, 0) is 61.8 Å². The minimum Gasteiger partial charge on any atom is -0.351 e. The Bertz CT molecular complexity index is 706. The molecule has 4 heteroatoms. The second-order valence-corrected chi connectivity index (χ2v) is 8.41. The van der Waals surface area contributed by atoms with Crippen molar-refractivity contribution in [1.82, 2.24) is 10.2 Å². The van der Waals surface area contributed by atoms with Crippen molar-refractivity contribution in [2.45, 2.75) is 38.1 Å². The summed E-state index contributed by atoms with van der Waals surface area (Å²) in [6, 6.07) is 7.76. The van der Waals surface area contributed by atoms with Crippen molar-refractivity contribution < 1.29 is 9.59 Å². The fraction of sp³-hybridized carbons (Fsp3) is 0.524. The first-order chi connectivity index (χ1) is 12.1. The van der Waals surface area contributed by atoms with Gasteiger partial charge in [-0.15, -0.1) is 0 Å². The monoisotopic (exact) mass is 336 g/mol. The van der Waals surface area contributed by atoms with Crippen molar-refractivity contribution in [1.29, 1.82) is 0 Å². The van der Waals surface area contributed by atoms with Crippen LogP contribution in [0.5, 0.6) is 0 Å². The first-order valence-electron chi connectivity index (χ1n) is 9.49. The van der Waals surface area contributed by atoms with Crippen molar-refractivity contribution in [2.24, 2.45) is 23.7 Å². The van der Waals surface area contributed by atoms with E-state index in [2.05, 4.69) is 11.9 Å². The molecular formula is C21H24N2O2. The summed E-state index contributed by atoms with van der Waals surface area (Å²) in [5.74, 6) is 2.93. The third kappa shape index (κ3) is 2.34. The van der Waals surface area contributed by atoms with E-state index in [0.717, 1.165) is 17.4 Å². The summed E-state index contributed by atoms with van der Waals surface area (Å²) in [6.45, 7) is 4.10. The van der Waals surface area contributed by atoms with Gasteiger partial charge in [0, 0.05) is 22.9 Å². The Morgan fingerprint density at radius 2 is 1.64 bits per heavy atom. The molecule has 4 nitrogen and oxygen atoms in total. The second kappa shape index (κ2) is 5.45. The maximum absolute atomic E-state index is 12.7. The Kier molecular flexibility index (Phi) is 3.31. The summed E-state index contributed by atoms with van der Waals surface area (Å²) in [5, 5.41) is 3.28. The first-order valence-corrected chi connectivity index (χ1v) is 9.49. The number of amides is 2. The first kappa shape index (κ1) is 15.2. The van der Waals surface area contributed by atoms with Crippen LogP contribution >= 0.6 is 0 Å². The van der Waals surface area contributed by atoms with Crippen LogP contribution in [0.25, 0.3) is 5.70 Å². The molecule has 2 amide bonds. The summed E-state index contributed by atoms with van der Waals surface area (Å²) >= 11 is 0. The predicted octanol–water partition coefficient (Wildman–Crippen LogP) is 3.05. The molecule has 5 aliphatic rings. The Balaban J connectivity index is 1.27. The number of rotatable bonds is 3. The molecule has 0 unspecified atom stereocenters. The van der Waals surface area contributed by atoms with Gasteiger partial charge in [-0.25, -0.2) is 0 Å². The average Bonchev–Trinajstić information content (AvgIpc) is 2.83. The smallest absolute Gasteiger partial charge is 0.259 e. The SMILES string of the molecule is C=C1c2ccccc2C(=O)N1CC(=O)NC1C2CC3CC(C2)CC1C3. The van der Waals surface area contributed by atoms with Gasteiger partial charge >= 0.3 is 0 Å². The number of benzene rings is 1. The van der Waals surface area contributed by atoms with Gasteiger partial charge in [0.1, 0.15) is 6.54 Å². The van der Waals surface area contributed by atoms with E-state index in [9.17, 15) is 9.59 Å². The number of nitrogens with zero attached hydrogens (tertiary/aromatic N) is 1. The molecule has 1 aliphatic heterocycles. The number of fused-ring (bicyclic) bond motifs is 1. The maximum Gasteiger partial charge on any atom is 0.259 e. The molecule has 4 bridgehead atoms. The zero-order chi connectivity index (χ0) is 17.1. The molecule has 0 aromatic heterocycles. The molecule has 4 aliphatic carbocycles. The van der Waals surface area contributed by atoms with Crippen LogP contribution in [0.3, 0.4) is 0 Å². The molecule has 1 aromatic rings. The van der Waals surface area contributed by atoms with E-state index in [1.54, 1.807) is 6.07 Å². The summed E-state index contributed by atoms with van der Waals surface area (Å²) in [6.07, 6.45) is 6.52. The van der Waals surface area contributed by atoms with Crippen molar-refractivity contribution in [2.75, 3.05) is 6.54 Å². The zero-order valence-electron chi connectivity index (χ0n) is 14.4. The third-order valence-corrected chi connectivity index (χ3v) is 6.90. The zero-order valence-corrected chi connectivity index (χ0v) is 14.4. The fourth-order valence-electron chi connectivity index (χ4n) is 6.04. The highest BCUT2D eigenvalue weighted by atomic mass is 16.2. The van der Waals surface area contributed by atoms with Crippen LogP contribution in [0.2, 0.25) is 0 Å². The number of nitrogens with one attached hydrogen (secondary N) is 1. The van der Waals surface area contributed by atoms with Crippen LogP contribution in [0.1, 0.15) is 48.0 Å². The molecule has 0 saturated heterocycles. The average molecular weight is 336 g/mol. The van der Waals surface area contributed by atoms with Crippen LogP contribution in [-0.4, -0.2) is 29.3 Å². The highest BCUT2D eigenvalue weighted by Gasteiger charge is 2.48. The number of carbonyl (C=O) groups is 2. The molecule has 25 heavy (non-hydrogen) atoms. The minimum atomic E-state index is -0.110. The van der Waals surface area contributed by atoms with Crippen LogP contribution in [0.15, 0.2) is 30.8 Å². The lowest BCUT2D eigenvalue weighted by Gasteiger charge is -2.54. The van der Waals surface area contributed by atoms with E-state index in [4.69, 9.17) is 0 Å². The Morgan fingerprint density at radius 3 is 2.24 bits per heavy atom. The Labute approximate surface area is 148 Å². The van der Waals surface area contributed by atoms with Crippen LogP contribution in [-0.2, 0) is 4.79 Å². The summed E-state index contributed by atoms with van der Waals surface area (Å²) in [7, 11) is 0. The molecule has 0 spiro atoms. The Morgan fingerprint density at radius 1 is 1.04 bits per heavy atom. The number of hydrogen-bond donors (Lipinski definition) is 1. The summed E-state index contributed by atoms with van der Waals surface area (Å²) in [5.41, 5.74) is 2.13. The number of hydrogen-bond acceptors (Lipinski definition) is 2. The fourth-order valence-corrected chi connectivity index (χ4v) is 6.04. The topological polar surface area (TPSA) is 49.4 Å². The largest absolute Gasteiger partial charge is 0.351 e. The van der Waals surface area contributed by atoms with Gasteiger partial charge in [0.05, 0.1) is 0 Å². The second-order valence-electron chi connectivity index (χ2n) is 8.41. The lowest BCUT2D eigenvalue weighted by Crippen LogP contribution is -2.57. The van der Waals surface area contributed by atoms with Gasteiger partial charge in [-0.1, -0.05) is 24.8 Å². The lowest BCUT2D eigenvalue weighted by molar-refractivity contribution is -0.125. The highest BCUT2D eigenvalue weighted by Crippen LogP contribution is 2.53.